The van der Waals surface area contributed by atoms with Gasteiger partial charge in [-0.1, -0.05) is 12.1 Å². The Morgan fingerprint density at radius 3 is 2.71 bits per heavy atom. The molecule has 2 heterocycles. The fraction of sp³-hybridized carbons (Fsp3) is 0.333. The zero-order valence-electron chi connectivity index (χ0n) is 15.9. The van der Waals surface area contributed by atoms with Crippen LogP contribution < -0.4 is 5.32 Å². The number of fused-ring (bicyclic) bond motifs is 1. The second-order valence-electron chi connectivity index (χ2n) is 7.20. The van der Waals surface area contributed by atoms with Crippen LogP contribution in [-0.4, -0.2) is 45.8 Å². The van der Waals surface area contributed by atoms with E-state index in [9.17, 15) is 9.59 Å². The number of nitrogens with zero attached hydrogens (tertiary/aromatic N) is 3. The Balaban J connectivity index is 1.46. The van der Waals surface area contributed by atoms with Crippen molar-refractivity contribution in [2.45, 2.75) is 38.3 Å². The number of oxazole rings is 1. The summed E-state index contributed by atoms with van der Waals surface area (Å²) in [6, 6.07) is 11.3. The van der Waals surface area contributed by atoms with Crippen molar-refractivity contribution in [1.29, 1.82) is 0 Å². The van der Waals surface area contributed by atoms with E-state index in [1.54, 1.807) is 30.3 Å². The minimum atomic E-state index is -0.127. The zero-order chi connectivity index (χ0) is 19.7. The monoisotopic (exact) mass is 378 g/mol. The topological polar surface area (TPSA) is 88.3 Å². The molecular formula is C21H22N4O3. The van der Waals surface area contributed by atoms with Crippen LogP contribution in [0, 0.1) is 0 Å². The molecule has 7 heteroatoms. The van der Waals surface area contributed by atoms with Crippen LogP contribution in [0.4, 0.5) is 0 Å². The molecule has 2 atom stereocenters. The van der Waals surface area contributed by atoms with E-state index in [-0.39, 0.29) is 23.9 Å². The standard InChI is InChI=1S/C21H22N4O3/c1-13(26)23-15-8-9-16(11-15)25(2)21(27)18-10-7-14(12-22-18)20-24-17-5-3-4-6-19(17)28-20/h3-7,10,12,15-16H,8-9,11H2,1-2H3,(H,23,26)/t15-,16+/m0/s1. The number of hydrogen-bond donors (Lipinski definition) is 1. The van der Waals surface area contributed by atoms with Gasteiger partial charge in [0.1, 0.15) is 11.2 Å². The van der Waals surface area contributed by atoms with E-state index in [0.29, 0.717) is 17.2 Å². The summed E-state index contributed by atoms with van der Waals surface area (Å²) in [6.07, 6.45) is 4.13. The lowest BCUT2D eigenvalue weighted by Crippen LogP contribution is -2.38. The number of nitrogens with one attached hydrogen (secondary N) is 1. The summed E-state index contributed by atoms with van der Waals surface area (Å²) in [5.41, 5.74) is 2.60. The van der Waals surface area contributed by atoms with Gasteiger partial charge in [-0.25, -0.2) is 4.98 Å². The van der Waals surface area contributed by atoms with Crippen LogP contribution in [0.2, 0.25) is 0 Å². The van der Waals surface area contributed by atoms with Crippen molar-refractivity contribution < 1.29 is 14.0 Å². The summed E-state index contributed by atoms with van der Waals surface area (Å²) in [5, 5.41) is 2.93. The van der Waals surface area contributed by atoms with E-state index < -0.39 is 0 Å². The van der Waals surface area contributed by atoms with Gasteiger partial charge in [0.15, 0.2) is 5.58 Å². The largest absolute Gasteiger partial charge is 0.436 e. The van der Waals surface area contributed by atoms with Gasteiger partial charge in [-0.15, -0.1) is 0 Å². The Morgan fingerprint density at radius 2 is 2.00 bits per heavy atom. The van der Waals surface area contributed by atoms with Crippen molar-refractivity contribution in [2.24, 2.45) is 0 Å². The number of hydrogen-bond acceptors (Lipinski definition) is 5. The molecule has 0 saturated heterocycles. The number of carbonyl (C=O) groups excluding carboxylic acids is 2. The molecule has 1 aromatic carbocycles. The molecule has 1 fully saturated rings. The summed E-state index contributed by atoms with van der Waals surface area (Å²) in [7, 11) is 1.79. The predicted molar refractivity (Wildman–Crippen MR) is 105 cm³/mol. The first-order chi connectivity index (χ1) is 13.5. The van der Waals surface area contributed by atoms with Crippen LogP contribution in [0.5, 0.6) is 0 Å². The Kier molecular flexibility index (Phi) is 4.81. The Morgan fingerprint density at radius 1 is 1.18 bits per heavy atom. The maximum atomic E-state index is 12.8. The molecule has 28 heavy (non-hydrogen) atoms. The van der Waals surface area contributed by atoms with Crippen molar-refractivity contribution in [1.82, 2.24) is 20.2 Å². The summed E-state index contributed by atoms with van der Waals surface area (Å²) < 4.78 is 5.75. The third-order valence-electron chi connectivity index (χ3n) is 5.20. The SMILES string of the molecule is CC(=O)N[C@H]1CC[C@@H](N(C)C(=O)c2ccc(-c3nc4ccccc4o3)cn2)C1. The normalized spacial score (nSPS) is 18.9. The molecule has 3 aromatic rings. The number of amides is 2. The van der Waals surface area contributed by atoms with Gasteiger partial charge in [0.2, 0.25) is 11.8 Å². The lowest BCUT2D eigenvalue weighted by molar-refractivity contribution is -0.119. The molecule has 0 aliphatic heterocycles. The molecule has 0 bridgehead atoms. The Hall–Kier alpha value is -3.22. The predicted octanol–water partition coefficient (Wildman–Crippen LogP) is 3.02. The quantitative estimate of drug-likeness (QED) is 0.754. The molecule has 1 N–H and O–H groups in total. The maximum Gasteiger partial charge on any atom is 0.272 e. The van der Waals surface area contributed by atoms with E-state index >= 15 is 0 Å². The van der Waals surface area contributed by atoms with Crippen LogP contribution in [-0.2, 0) is 4.79 Å². The molecule has 1 saturated carbocycles. The molecule has 0 spiro atoms. The van der Waals surface area contributed by atoms with Gasteiger partial charge in [-0.05, 0) is 43.5 Å². The average molecular weight is 378 g/mol. The van der Waals surface area contributed by atoms with Crippen LogP contribution in [0.25, 0.3) is 22.6 Å². The van der Waals surface area contributed by atoms with Crippen molar-refractivity contribution in [2.75, 3.05) is 7.05 Å². The first kappa shape index (κ1) is 18.2. The summed E-state index contributed by atoms with van der Waals surface area (Å²) in [6.45, 7) is 1.52. The van der Waals surface area contributed by atoms with Crippen LogP contribution >= 0.6 is 0 Å². The molecule has 2 amide bonds. The van der Waals surface area contributed by atoms with Gasteiger partial charge in [0.05, 0.1) is 5.56 Å². The van der Waals surface area contributed by atoms with Gasteiger partial charge >= 0.3 is 0 Å². The molecule has 1 aliphatic carbocycles. The number of rotatable bonds is 4. The average Bonchev–Trinajstić information content (AvgIpc) is 3.33. The van der Waals surface area contributed by atoms with Crippen molar-refractivity contribution in [3.8, 4) is 11.5 Å². The zero-order valence-corrected chi connectivity index (χ0v) is 15.9. The highest BCUT2D eigenvalue weighted by molar-refractivity contribution is 5.92. The number of carbonyl (C=O) groups is 2. The van der Waals surface area contributed by atoms with Crippen LogP contribution in [0.15, 0.2) is 47.0 Å². The molecule has 0 unspecified atom stereocenters. The van der Waals surface area contributed by atoms with E-state index in [2.05, 4.69) is 15.3 Å². The maximum absolute atomic E-state index is 12.8. The number of pyridine rings is 1. The highest BCUT2D eigenvalue weighted by Gasteiger charge is 2.31. The lowest BCUT2D eigenvalue weighted by Gasteiger charge is -2.24. The molecule has 0 radical (unpaired) electrons. The summed E-state index contributed by atoms with van der Waals surface area (Å²) in [5.74, 6) is 0.323. The fourth-order valence-corrected chi connectivity index (χ4v) is 3.72. The Labute approximate surface area is 162 Å². The molecule has 2 aromatic heterocycles. The fourth-order valence-electron chi connectivity index (χ4n) is 3.72. The van der Waals surface area contributed by atoms with Crippen molar-refractivity contribution in [3.05, 3.63) is 48.3 Å². The lowest BCUT2D eigenvalue weighted by atomic mass is 10.2. The summed E-state index contributed by atoms with van der Waals surface area (Å²) in [4.78, 5) is 34.5. The third kappa shape index (κ3) is 3.60. The number of para-hydroxylation sites is 2. The van der Waals surface area contributed by atoms with Crippen LogP contribution in [0.3, 0.4) is 0 Å². The molecule has 4 rings (SSSR count). The van der Waals surface area contributed by atoms with Crippen molar-refractivity contribution >= 4 is 22.9 Å². The number of aromatic nitrogens is 2. The second kappa shape index (κ2) is 7.42. The van der Waals surface area contributed by atoms with Gasteiger partial charge in [0, 0.05) is 32.3 Å². The third-order valence-corrected chi connectivity index (χ3v) is 5.20. The Bertz CT molecular complexity index is 979. The highest BCUT2D eigenvalue weighted by atomic mass is 16.3. The van der Waals surface area contributed by atoms with Gasteiger partial charge in [-0.2, -0.15) is 0 Å². The van der Waals surface area contributed by atoms with Crippen LogP contribution in [0.1, 0.15) is 36.7 Å². The highest BCUT2D eigenvalue weighted by Crippen LogP contribution is 2.26. The van der Waals surface area contributed by atoms with Gasteiger partial charge in [0.25, 0.3) is 5.91 Å². The molecule has 7 nitrogen and oxygen atoms in total. The van der Waals surface area contributed by atoms with E-state index in [0.717, 1.165) is 30.3 Å². The molecular weight excluding hydrogens is 356 g/mol. The minimum absolute atomic E-state index is 0.0314. The second-order valence-corrected chi connectivity index (χ2v) is 7.20. The van der Waals surface area contributed by atoms with Crippen molar-refractivity contribution in [3.63, 3.8) is 0 Å². The van der Waals surface area contributed by atoms with E-state index in [1.807, 2.05) is 24.3 Å². The summed E-state index contributed by atoms with van der Waals surface area (Å²) >= 11 is 0. The van der Waals surface area contributed by atoms with E-state index in [4.69, 9.17) is 4.42 Å². The minimum Gasteiger partial charge on any atom is -0.436 e. The van der Waals surface area contributed by atoms with Gasteiger partial charge < -0.3 is 14.6 Å². The smallest absolute Gasteiger partial charge is 0.272 e. The molecule has 144 valence electrons. The van der Waals surface area contributed by atoms with Gasteiger partial charge in [-0.3, -0.25) is 14.6 Å². The molecule has 1 aliphatic rings. The number of benzene rings is 1. The first-order valence-corrected chi connectivity index (χ1v) is 9.37. The van der Waals surface area contributed by atoms with E-state index in [1.165, 1.54) is 6.92 Å². The first-order valence-electron chi connectivity index (χ1n) is 9.37.